The van der Waals surface area contributed by atoms with Crippen molar-refractivity contribution in [1.29, 1.82) is 0 Å². The van der Waals surface area contributed by atoms with Crippen molar-refractivity contribution >= 4 is 28.4 Å². The highest BCUT2D eigenvalue weighted by molar-refractivity contribution is 6.05. The minimum absolute atomic E-state index is 0.0675. The number of benzene rings is 3. The number of nitrogens with zero attached hydrogens (tertiary/aromatic N) is 3. The standard InChI is InChI=1S/C29H25FN4O2/c30-21-8-10-22(11-9-21)34-24-13-12-23(16-20(24)17-31-34)33-25(18-4-2-1-3-5-18)26(29(14-15-29)28(33)36)32-27(35)19-6-7-19/h1-5,8-13,16-17,19,25-26H,6-7,14-15H2,(H,32,35). The van der Waals surface area contributed by atoms with Gasteiger partial charge in [-0.2, -0.15) is 5.10 Å². The van der Waals surface area contributed by atoms with E-state index in [1.165, 1.54) is 12.1 Å². The van der Waals surface area contributed by atoms with Crippen LogP contribution in [0.2, 0.25) is 0 Å². The number of rotatable bonds is 5. The van der Waals surface area contributed by atoms with E-state index in [1.807, 2.05) is 53.4 Å². The van der Waals surface area contributed by atoms with Crippen LogP contribution < -0.4 is 10.2 Å². The van der Waals surface area contributed by atoms with Crippen molar-refractivity contribution in [2.24, 2.45) is 11.3 Å². The van der Waals surface area contributed by atoms with Crippen LogP contribution in [0, 0.1) is 17.2 Å². The molecule has 1 N–H and O–H groups in total. The number of carbonyl (C=O) groups excluding carboxylic acids is 2. The van der Waals surface area contributed by atoms with Crippen LogP contribution in [-0.4, -0.2) is 27.6 Å². The molecule has 2 amide bonds. The van der Waals surface area contributed by atoms with E-state index < -0.39 is 5.41 Å². The first-order valence-corrected chi connectivity index (χ1v) is 12.5. The highest BCUT2D eigenvalue weighted by Crippen LogP contribution is 2.60. The fraction of sp³-hybridized carbons (Fsp3) is 0.276. The first kappa shape index (κ1) is 21.3. The molecule has 2 saturated carbocycles. The molecule has 1 spiro atoms. The van der Waals surface area contributed by atoms with Crippen molar-refractivity contribution in [1.82, 2.24) is 15.1 Å². The third-order valence-electron chi connectivity index (χ3n) is 7.91. The van der Waals surface area contributed by atoms with Crippen molar-refractivity contribution in [2.75, 3.05) is 4.90 Å². The normalized spacial score (nSPS) is 22.4. The van der Waals surface area contributed by atoms with E-state index in [0.717, 1.165) is 53.5 Å². The van der Waals surface area contributed by atoms with Gasteiger partial charge in [0.05, 0.1) is 34.9 Å². The maximum Gasteiger partial charge on any atom is 0.236 e. The molecule has 3 aliphatic rings. The maximum absolute atomic E-state index is 14.0. The first-order valence-electron chi connectivity index (χ1n) is 12.5. The minimum Gasteiger partial charge on any atom is -0.350 e. The summed E-state index contributed by atoms with van der Waals surface area (Å²) in [6.45, 7) is 0. The molecule has 2 atom stereocenters. The summed E-state index contributed by atoms with van der Waals surface area (Å²) in [7, 11) is 0. The van der Waals surface area contributed by atoms with Crippen LogP contribution in [-0.2, 0) is 9.59 Å². The molecule has 6 nitrogen and oxygen atoms in total. The first-order chi connectivity index (χ1) is 17.5. The molecule has 3 aromatic carbocycles. The predicted molar refractivity (Wildman–Crippen MR) is 134 cm³/mol. The molecule has 2 unspecified atom stereocenters. The third kappa shape index (κ3) is 3.26. The van der Waals surface area contributed by atoms with Crippen LogP contribution in [0.4, 0.5) is 10.1 Å². The van der Waals surface area contributed by atoms with E-state index in [1.54, 1.807) is 23.0 Å². The summed E-state index contributed by atoms with van der Waals surface area (Å²) in [6.07, 6.45) is 5.18. The Morgan fingerprint density at radius 2 is 1.69 bits per heavy atom. The van der Waals surface area contributed by atoms with E-state index in [4.69, 9.17) is 0 Å². The van der Waals surface area contributed by atoms with E-state index in [-0.39, 0.29) is 35.6 Å². The van der Waals surface area contributed by atoms with E-state index in [9.17, 15) is 14.0 Å². The number of halogens is 1. The second kappa shape index (κ2) is 7.75. The van der Waals surface area contributed by atoms with Gasteiger partial charge in [-0.3, -0.25) is 9.59 Å². The molecule has 0 bridgehead atoms. The van der Waals surface area contributed by atoms with Gasteiger partial charge in [0.15, 0.2) is 0 Å². The summed E-state index contributed by atoms with van der Waals surface area (Å²) in [5, 5.41) is 8.69. The van der Waals surface area contributed by atoms with E-state index in [2.05, 4.69) is 10.4 Å². The largest absolute Gasteiger partial charge is 0.350 e. The molecule has 7 heteroatoms. The topological polar surface area (TPSA) is 67.2 Å². The molecule has 3 fully saturated rings. The summed E-state index contributed by atoms with van der Waals surface area (Å²) in [5.41, 5.74) is 2.89. The summed E-state index contributed by atoms with van der Waals surface area (Å²) >= 11 is 0. The van der Waals surface area contributed by atoms with Crippen LogP contribution in [0.1, 0.15) is 37.3 Å². The number of hydrogen-bond acceptors (Lipinski definition) is 3. The Morgan fingerprint density at radius 3 is 2.39 bits per heavy atom. The maximum atomic E-state index is 14.0. The smallest absolute Gasteiger partial charge is 0.236 e. The van der Waals surface area contributed by atoms with Crippen LogP contribution in [0.5, 0.6) is 0 Å². The van der Waals surface area contributed by atoms with Crippen LogP contribution in [0.25, 0.3) is 16.6 Å². The molecule has 2 aliphatic carbocycles. The van der Waals surface area contributed by atoms with Gasteiger partial charge in [0.2, 0.25) is 11.8 Å². The molecule has 1 saturated heterocycles. The van der Waals surface area contributed by atoms with Crippen LogP contribution in [0.3, 0.4) is 0 Å². The lowest BCUT2D eigenvalue weighted by atomic mass is 9.91. The number of anilines is 1. The number of hydrogen-bond donors (Lipinski definition) is 1. The Morgan fingerprint density at radius 1 is 0.972 bits per heavy atom. The van der Waals surface area contributed by atoms with Crippen molar-refractivity contribution in [3.8, 4) is 5.69 Å². The molecular formula is C29H25FN4O2. The van der Waals surface area contributed by atoms with Crippen molar-refractivity contribution < 1.29 is 14.0 Å². The van der Waals surface area contributed by atoms with Gasteiger partial charge >= 0.3 is 0 Å². The Labute approximate surface area is 207 Å². The Bertz CT molecular complexity index is 1490. The quantitative estimate of drug-likeness (QED) is 0.441. The second-order valence-electron chi connectivity index (χ2n) is 10.2. The lowest BCUT2D eigenvalue weighted by Crippen LogP contribution is -2.44. The summed E-state index contributed by atoms with van der Waals surface area (Å²) < 4.78 is 15.2. The zero-order valence-electron chi connectivity index (χ0n) is 19.6. The molecule has 1 aromatic heterocycles. The fourth-order valence-electron chi connectivity index (χ4n) is 5.67. The molecule has 1 aliphatic heterocycles. The minimum atomic E-state index is -0.543. The van der Waals surface area contributed by atoms with E-state index in [0.29, 0.717) is 0 Å². The van der Waals surface area contributed by atoms with Crippen molar-refractivity contribution in [3.05, 3.63) is 90.4 Å². The Hall–Kier alpha value is -4.00. The second-order valence-corrected chi connectivity index (χ2v) is 10.2. The molecule has 7 rings (SSSR count). The molecule has 4 aromatic rings. The number of nitrogens with one attached hydrogen (secondary N) is 1. The van der Waals surface area contributed by atoms with Gasteiger partial charge in [0.25, 0.3) is 0 Å². The summed E-state index contributed by atoms with van der Waals surface area (Å²) in [5.74, 6) is -0.0787. The van der Waals surface area contributed by atoms with Crippen LogP contribution in [0.15, 0.2) is 79.0 Å². The molecular weight excluding hydrogens is 455 g/mol. The molecule has 0 radical (unpaired) electrons. The van der Waals surface area contributed by atoms with Crippen molar-refractivity contribution in [2.45, 2.75) is 37.8 Å². The van der Waals surface area contributed by atoms with E-state index >= 15 is 0 Å². The lowest BCUT2D eigenvalue weighted by Gasteiger charge is -2.29. The molecule has 2 heterocycles. The number of carbonyl (C=O) groups is 2. The van der Waals surface area contributed by atoms with Gasteiger partial charge in [-0.15, -0.1) is 0 Å². The SMILES string of the molecule is O=C(NC1C(c2ccccc2)N(c2ccc3c(cnn3-c3ccc(F)cc3)c2)C(=O)C12CC2)C1CC1. The van der Waals surface area contributed by atoms with Gasteiger partial charge < -0.3 is 10.2 Å². The Balaban J connectivity index is 1.31. The highest BCUT2D eigenvalue weighted by atomic mass is 19.1. The summed E-state index contributed by atoms with van der Waals surface area (Å²) in [6, 6.07) is 21.5. The molecule has 36 heavy (non-hydrogen) atoms. The Kier molecular flexibility index (Phi) is 4.58. The monoisotopic (exact) mass is 480 g/mol. The third-order valence-corrected chi connectivity index (χ3v) is 7.91. The zero-order valence-corrected chi connectivity index (χ0v) is 19.6. The average molecular weight is 481 g/mol. The highest BCUT2D eigenvalue weighted by Gasteiger charge is 2.67. The average Bonchev–Trinajstić information content (AvgIpc) is 3.82. The van der Waals surface area contributed by atoms with Gasteiger partial charge in [-0.1, -0.05) is 30.3 Å². The van der Waals surface area contributed by atoms with Gasteiger partial charge in [0, 0.05) is 17.0 Å². The zero-order chi connectivity index (χ0) is 24.4. The molecule has 180 valence electrons. The summed E-state index contributed by atoms with van der Waals surface area (Å²) in [4.78, 5) is 28.7. The lowest BCUT2D eigenvalue weighted by molar-refractivity contribution is -0.124. The number of fused-ring (bicyclic) bond motifs is 1. The van der Waals surface area contributed by atoms with Crippen LogP contribution >= 0.6 is 0 Å². The van der Waals surface area contributed by atoms with Crippen molar-refractivity contribution in [3.63, 3.8) is 0 Å². The van der Waals surface area contributed by atoms with Gasteiger partial charge in [-0.05, 0) is 73.7 Å². The number of amides is 2. The fourth-order valence-corrected chi connectivity index (χ4v) is 5.67. The van der Waals surface area contributed by atoms with Gasteiger partial charge in [-0.25, -0.2) is 9.07 Å². The van der Waals surface area contributed by atoms with Gasteiger partial charge in [0.1, 0.15) is 5.82 Å². The predicted octanol–water partition coefficient (Wildman–Crippen LogP) is 4.93. The number of aromatic nitrogens is 2.